The van der Waals surface area contributed by atoms with Crippen LogP contribution in [0.15, 0.2) is 48.0 Å². The first kappa shape index (κ1) is 23.5. The fourth-order valence-corrected chi connectivity index (χ4v) is 3.93. The minimum Gasteiger partial charge on any atom is -0.507 e. The van der Waals surface area contributed by atoms with E-state index in [9.17, 15) is 19.1 Å². The number of benzene rings is 2. The van der Waals surface area contributed by atoms with Crippen molar-refractivity contribution in [2.45, 2.75) is 26.3 Å². The van der Waals surface area contributed by atoms with E-state index in [-0.39, 0.29) is 11.3 Å². The summed E-state index contributed by atoms with van der Waals surface area (Å²) < 4.78 is 19.1. The van der Waals surface area contributed by atoms with Gasteiger partial charge in [0.15, 0.2) is 0 Å². The molecule has 1 aliphatic rings. The molecular weight excluding hydrogens is 411 g/mol. The van der Waals surface area contributed by atoms with Gasteiger partial charge in [-0.15, -0.1) is 0 Å². The van der Waals surface area contributed by atoms with Gasteiger partial charge in [-0.2, -0.15) is 0 Å². The zero-order valence-electron chi connectivity index (χ0n) is 18.9. The van der Waals surface area contributed by atoms with Crippen molar-refractivity contribution in [2.75, 3.05) is 33.8 Å². The molecule has 1 saturated heterocycles. The average molecular weight is 441 g/mol. The third kappa shape index (κ3) is 4.83. The molecule has 1 heterocycles. The van der Waals surface area contributed by atoms with Crippen molar-refractivity contribution in [2.24, 2.45) is 0 Å². The third-order valence-electron chi connectivity index (χ3n) is 5.48. The summed E-state index contributed by atoms with van der Waals surface area (Å²) in [6.45, 7) is 5.31. The van der Waals surface area contributed by atoms with Gasteiger partial charge in [-0.3, -0.25) is 9.59 Å². The van der Waals surface area contributed by atoms with Crippen LogP contribution in [0.5, 0.6) is 5.75 Å². The van der Waals surface area contributed by atoms with Crippen molar-refractivity contribution in [1.82, 2.24) is 9.80 Å². The van der Waals surface area contributed by atoms with Gasteiger partial charge in [0.1, 0.15) is 17.3 Å². The molecule has 1 fully saturated rings. The number of nitrogens with zero attached hydrogens (tertiary/aromatic N) is 2. The first-order valence-electron chi connectivity index (χ1n) is 10.7. The lowest BCUT2D eigenvalue weighted by Crippen LogP contribution is -2.32. The average Bonchev–Trinajstić information content (AvgIpc) is 3.00. The molecule has 1 N–H and O–H groups in total. The second kappa shape index (κ2) is 9.96. The maximum atomic E-state index is 13.6. The van der Waals surface area contributed by atoms with Crippen molar-refractivity contribution < 1.29 is 23.8 Å². The van der Waals surface area contributed by atoms with Crippen LogP contribution in [0.4, 0.5) is 4.39 Å². The number of ketones is 1. The summed E-state index contributed by atoms with van der Waals surface area (Å²) in [6.07, 6.45) is 0.653. The predicted molar refractivity (Wildman–Crippen MR) is 121 cm³/mol. The minimum atomic E-state index is -0.787. The Bertz CT molecular complexity index is 1030. The van der Waals surface area contributed by atoms with Crippen molar-refractivity contribution in [3.63, 3.8) is 0 Å². The van der Waals surface area contributed by atoms with Crippen molar-refractivity contribution in [1.29, 1.82) is 0 Å². The number of Topliss-reactive ketones (excluding diaryl/α,β-unsaturated/α-hetero) is 1. The number of ether oxygens (including phenoxy) is 1. The Hall–Kier alpha value is -3.19. The maximum Gasteiger partial charge on any atom is 0.295 e. The highest BCUT2D eigenvalue weighted by atomic mass is 19.1. The number of aliphatic hydroxyl groups is 1. The normalized spacial score (nSPS) is 17.9. The molecule has 32 heavy (non-hydrogen) atoms. The zero-order chi connectivity index (χ0) is 23.4. The molecule has 1 aliphatic heterocycles. The first-order valence-corrected chi connectivity index (χ1v) is 10.7. The summed E-state index contributed by atoms with van der Waals surface area (Å²) >= 11 is 0. The summed E-state index contributed by atoms with van der Waals surface area (Å²) in [4.78, 5) is 29.4. The van der Waals surface area contributed by atoms with E-state index in [1.54, 1.807) is 30.3 Å². The van der Waals surface area contributed by atoms with E-state index >= 15 is 0 Å². The number of likely N-dealkylation sites (tertiary alicyclic amines) is 1. The monoisotopic (exact) mass is 440 g/mol. The SMILES string of the molecule is CCOc1ccc(C(O)=C2C(=O)C(=O)N(CCCN(C)C)C2c2ccc(F)cc2)cc1C. The fraction of sp³-hybridized carbons (Fsp3) is 0.360. The molecule has 0 saturated carbocycles. The summed E-state index contributed by atoms with van der Waals surface area (Å²) in [7, 11) is 3.86. The predicted octanol–water partition coefficient (Wildman–Crippen LogP) is 3.91. The standard InChI is InChI=1S/C25H29FN2O4/c1-5-32-20-12-9-18(15-16(20)2)23(29)21-22(17-7-10-19(26)11-8-17)28(25(31)24(21)30)14-6-13-27(3)4/h7-12,15,22,29H,5-6,13-14H2,1-4H3. The van der Waals surface area contributed by atoms with Crippen molar-refractivity contribution in [3.8, 4) is 5.75 Å². The lowest BCUT2D eigenvalue weighted by molar-refractivity contribution is -0.139. The Kier molecular flexibility index (Phi) is 7.30. The molecule has 170 valence electrons. The van der Waals surface area contributed by atoms with Crippen LogP contribution < -0.4 is 4.74 Å². The largest absolute Gasteiger partial charge is 0.507 e. The van der Waals surface area contributed by atoms with Crippen LogP contribution in [0.3, 0.4) is 0 Å². The molecule has 2 aromatic carbocycles. The number of aliphatic hydroxyl groups excluding tert-OH is 1. The van der Waals surface area contributed by atoms with Crippen LogP contribution >= 0.6 is 0 Å². The van der Waals surface area contributed by atoms with Crippen molar-refractivity contribution in [3.05, 3.63) is 70.5 Å². The number of hydrogen-bond acceptors (Lipinski definition) is 5. The second-order valence-corrected chi connectivity index (χ2v) is 8.11. The quantitative estimate of drug-likeness (QED) is 0.383. The van der Waals surface area contributed by atoms with Crippen LogP contribution in [0.2, 0.25) is 0 Å². The van der Waals surface area contributed by atoms with Gasteiger partial charge in [0.25, 0.3) is 11.7 Å². The van der Waals surface area contributed by atoms with Gasteiger partial charge in [-0.25, -0.2) is 4.39 Å². The molecule has 1 amide bonds. The summed E-state index contributed by atoms with van der Waals surface area (Å²) in [5, 5.41) is 11.1. The Labute approximate surface area is 187 Å². The number of carbonyl (C=O) groups is 2. The van der Waals surface area contributed by atoms with Crippen LogP contribution in [0.1, 0.15) is 36.1 Å². The van der Waals surface area contributed by atoms with E-state index in [0.717, 1.165) is 12.1 Å². The molecule has 1 unspecified atom stereocenters. The fourth-order valence-electron chi connectivity index (χ4n) is 3.93. The number of amides is 1. The van der Waals surface area contributed by atoms with Crippen LogP contribution in [-0.4, -0.2) is 60.4 Å². The molecular formula is C25H29FN2O4. The number of hydrogen-bond donors (Lipinski definition) is 1. The van der Waals surface area contributed by atoms with Gasteiger partial charge in [-0.05, 0) is 82.4 Å². The topological polar surface area (TPSA) is 70.1 Å². The first-order chi connectivity index (χ1) is 15.2. The van der Waals surface area contributed by atoms with Crippen LogP contribution in [0.25, 0.3) is 5.76 Å². The van der Waals surface area contributed by atoms with Gasteiger partial charge < -0.3 is 19.6 Å². The van der Waals surface area contributed by atoms with Gasteiger partial charge in [0.2, 0.25) is 0 Å². The zero-order valence-corrected chi connectivity index (χ0v) is 18.9. The Morgan fingerprint density at radius 1 is 1.16 bits per heavy atom. The van der Waals surface area contributed by atoms with E-state index in [1.807, 2.05) is 32.8 Å². The lowest BCUT2D eigenvalue weighted by atomic mass is 9.94. The van der Waals surface area contributed by atoms with E-state index < -0.39 is 23.5 Å². The maximum absolute atomic E-state index is 13.6. The highest BCUT2D eigenvalue weighted by molar-refractivity contribution is 6.46. The number of halogens is 1. The van der Waals surface area contributed by atoms with Gasteiger partial charge in [0.05, 0.1) is 18.2 Å². The molecule has 1 atom stereocenters. The summed E-state index contributed by atoms with van der Waals surface area (Å²) in [6, 6.07) is 9.99. The smallest absolute Gasteiger partial charge is 0.295 e. The number of aryl methyl sites for hydroxylation is 1. The molecule has 7 heteroatoms. The number of rotatable bonds is 8. The van der Waals surface area contributed by atoms with Crippen LogP contribution in [0, 0.1) is 12.7 Å². The Morgan fingerprint density at radius 2 is 1.84 bits per heavy atom. The number of carbonyl (C=O) groups excluding carboxylic acids is 2. The second-order valence-electron chi connectivity index (χ2n) is 8.11. The van der Waals surface area contributed by atoms with E-state index in [2.05, 4.69) is 0 Å². The molecule has 0 radical (unpaired) electrons. The lowest BCUT2D eigenvalue weighted by Gasteiger charge is -2.26. The molecule has 0 aliphatic carbocycles. The highest BCUT2D eigenvalue weighted by Gasteiger charge is 2.45. The van der Waals surface area contributed by atoms with E-state index in [4.69, 9.17) is 4.74 Å². The molecule has 0 aromatic heterocycles. The molecule has 3 rings (SSSR count). The Balaban J connectivity index is 2.08. The Morgan fingerprint density at radius 3 is 2.44 bits per heavy atom. The van der Waals surface area contributed by atoms with E-state index in [1.165, 1.54) is 17.0 Å². The molecule has 6 nitrogen and oxygen atoms in total. The van der Waals surface area contributed by atoms with E-state index in [0.29, 0.717) is 36.4 Å². The highest BCUT2D eigenvalue weighted by Crippen LogP contribution is 2.40. The van der Waals surface area contributed by atoms with Gasteiger partial charge >= 0.3 is 0 Å². The molecule has 0 bridgehead atoms. The minimum absolute atomic E-state index is 0.00928. The molecule has 0 spiro atoms. The molecule has 2 aromatic rings. The third-order valence-corrected chi connectivity index (χ3v) is 5.48. The summed E-state index contributed by atoms with van der Waals surface area (Å²) in [5.74, 6) is -1.39. The van der Waals surface area contributed by atoms with Gasteiger partial charge in [-0.1, -0.05) is 12.1 Å². The van der Waals surface area contributed by atoms with Gasteiger partial charge in [0, 0.05) is 12.1 Å². The van der Waals surface area contributed by atoms with Crippen molar-refractivity contribution >= 4 is 17.4 Å². The van der Waals surface area contributed by atoms with Crippen LogP contribution in [-0.2, 0) is 9.59 Å². The summed E-state index contributed by atoms with van der Waals surface area (Å²) in [5.41, 5.74) is 1.80.